The summed E-state index contributed by atoms with van der Waals surface area (Å²) in [5, 5.41) is 6.88. The molecule has 0 amide bonds. The van der Waals surface area contributed by atoms with E-state index >= 15 is 0 Å². The van der Waals surface area contributed by atoms with E-state index in [9.17, 15) is 0 Å². The second-order valence-electron chi connectivity index (χ2n) is 7.52. The number of guanidine groups is 1. The fourth-order valence-corrected chi connectivity index (χ4v) is 2.80. The lowest BCUT2D eigenvalue weighted by Gasteiger charge is -2.29. The number of nitrogens with zero attached hydrogens (tertiary/aromatic N) is 2. The molecule has 1 rings (SSSR count). The Hall–Kier alpha value is -0.820. The Morgan fingerprint density at radius 2 is 1.92 bits per heavy atom. The van der Waals surface area contributed by atoms with Crippen LogP contribution < -0.4 is 10.6 Å². The van der Waals surface area contributed by atoms with Crippen LogP contribution in [0.5, 0.6) is 0 Å². The molecule has 0 aliphatic heterocycles. The topological polar surface area (TPSA) is 39.7 Å². The van der Waals surface area contributed by atoms with Gasteiger partial charge < -0.3 is 15.5 Å². The molecular weight excluding hydrogens is 411 g/mol. The van der Waals surface area contributed by atoms with Gasteiger partial charge in [-0.25, -0.2) is 0 Å². The molecule has 1 unspecified atom stereocenters. The number of hydrogen-bond acceptors (Lipinski definition) is 2. The molecule has 24 heavy (non-hydrogen) atoms. The van der Waals surface area contributed by atoms with Crippen LogP contribution in [0.2, 0.25) is 0 Å². The van der Waals surface area contributed by atoms with E-state index in [1.165, 1.54) is 11.1 Å². The number of halogens is 1. The van der Waals surface area contributed by atoms with Crippen LogP contribution in [0, 0.1) is 12.3 Å². The van der Waals surface area contributed by atoms with Gasteiger partial charge in [-0.15, -0.1) is 24.0 Å². The molecule has 0 saturated heterocycles. The average Bonchev–Trinajstić information content (AvgIpc) is 2.45. The summed E-state index contributed by atoms with van der Waals surface area (Å²) in [6, 6.07) is 8.70. The first-order chi connectivity index (χ1) is 10.7. The molecule has 1 aromatic rings. The van der Waals surface area contributed by atoms with Gasteiger partial charge in [-0.05, 0) is 37.9 Å². The van der Waals surface area contributed by atoms with Crippen molar-refractivity contribution in [2.45, 2.75) is 33.6 Å². The molecule has 0 bridgehead atoms. The zero-order valence-corrected chi connectivity index (χ0v) is 18.6. The molecule has 1 aromatic carbocycles. The van der Waals surface area contributed by atoms with Gasteiger partial charge in [-0.2, -0.15) is 0 Å². The zero-order valence-electron chi connectivity index (χ0n) is 16.3. The van der Waals surface area contributed by atoms with Gasteiger partial charge in [0.15, 0.2) is 5.96 Å². The molecule has 2 N–H and O–H groups in total. The number of rotatable bonds is 7. The maximum atomic E-state index is 4.33. The number of nitrogens with one attached hydrogen (secondary N) is 2. The lowest BCUT2D eigenvalue weighted by Crippen LogP contribution is -2.45. The fourth-order valence-electron chi connectivity index (χ4n) is 2.80. The summed E-state index contributed by atoms with van der Waals surface area (Å²) < 4.78 is 0. The van der Waals surface area contributed by atoms with E-state index in [4.69, 9.17) is 0 Å². The predicted octanol–water partition coefficient (Wildman–Crippen LogP) is 3.47. The number of hydrogen-bond donors (Lipinski definition) is 2. The van der Waals surface area contributed by atoms with Gasteiger partial charge in [0.05, 0.1) is 0 Å². The van der Waals surface area contributed by atoms with Crippen LogP contribution in [-0.2, 0) is 0 Å². The third kappa shape index (κ3) is 8.87. The van der Waals surface area contributed by atoms with E-state index in [-0.39, 0.29) is 29.4 Å². The monoisotopic (exact) mass is 446 g/mol. The molecule has 0 aromatic heterocycles. The first kappa shape index (κ1) is 23.2. The van der Waals surface area contributed by atoms with Crippen molar-refractivity contribution in [1.82, 2.24) is 15.5 Å². The molecule has 5 heteroatoms. The van der Waals surface area contributed by atoms with E-state index in [1.807, 2.05) is 7.05 Å². The summed E-state index contributed by atoms with van der Waals surface area (Å²) >= 11 is 0. The molecular formula is C19H35IN4. The highest BCUT2D eigenvalue weighted by Crippen LogP contribution is 2.16. The minimum absolute atomic E-state index is 0. The number of aryl methyl sites for hydroxylation is 1. The third-order valence-corrected chi connectivity index (χ3v) is 3.89. The lowest BCUT2D eigenvalue weighted by molar-refractivity contribution is 0.241. The van der Waals surface area contributed by atoms with Gasteiger partial charge >= 0.3 is 0 Å². The summed E-state index contributed by atoms with van der Waals surface area (Å²) in [5.74, 6) is 1.32. The van der Waals surface area contributed by atoms with Crippen molar-refractivity contribution in [3.05, 3.63) is 35.4 Å². The standard InChI is InChI=1S/C19H34N4.HI/c1-15-9-8-10-17(11-15)16(2)12-21-18(20-5)22-13-19(3,4)14-23(6)7;/h8-11,16H,12-14H2,1-7H3,(H2,20,21,22);1H. The second-order valence-corrected chi connectivity index (χ2v) is 7.52. The van der Waals surface area contributed by atoms with Crippen LogP contribution >= 0.6 is 24.0 Å². The van der Waals surface area contributed by atoms with Crippen molar-refractivity contribution in [2.75, 3.05) is 40.8 Å². The minimum Gasteiger partial charge on any atom is -0.356 e. The largest absolute Gasteiger partial charge is 0.356 e. The molecule has 0 heterocycles. The highest BCUT2D eigenvalue weighted by atomic mass is 127. The Labute approximate surface area is 165 Å². The van der Waals surface area contributed by atoms with Crippen molar-refractivity contribution in [2.24, 2.45) is 10.4 Å². The number of aliphatic imine (C=N–C) groups is 1. The van der Waals surface area contributed by atoms with Crippen LogP contribution in [-0.4, -0.2) is 51.6 Å². The molecule has 0 fully saturated rings. The lowest BCUT2D eigenvalue weighted by atomic mass is 9.93. The van der Waals surface area contributed by atoms with E-state index in [2.05, 4.69) is 86.6 Å². The van der Waals surface area contributed by atoms with Crippen LogP contribution in [0.15, 0.2) is 29.3 Å². The molecule has 0 radical (unpaired) electrons. The third-order valence-electron chi connectivity index (χ3n) is 3.89. The summed E-state index contributed by atoms with van der Waals surface area (Å²) in [7, 11) is 6.04. The van der Waals surface area contributed by atoms with Crippen LogP contribution in [0.25, 0.3) is 0 Å². The Morgan fingerprint density at radius 1 is 1.25 bits per heavy atom. The van der Waals surface area contributed by atoms with Gasteiger partial charge in [0.1, 0.15) is 0 Å². The summed E-state index contributed by atoms with van der Waals surface area (Å²) in [6.07, 6.45) is 0. The van der Waals surface area contributed by atoms with Crippen molar-refractivity contribution >= 4 is 29.9 Å². The smallest absolute Gasteiger partial charge is 0.191 e. The first-order valence-electron chi connectivity index (χ1n) is 8.39. The van der Waals surface area contributed by atoms with Gasteiger partial charge in [0.25, 0.3) is 0 Å². The zero-order chi connectivity index (χ0) is 17.5. The first-order valence-corrected chi connectivity index (χ1v) is 8.39. The molecule has 0 aliphatic carbocycles. The molecule has 0 spiro atoms. The maximum Gasteiger partial charge on any atom is 0.191 e. The highest BCUT2D eigenvalue weighted by molar-refractivity contribution is 14.0. The van der Waals surface area contributed by atoms with Gasteiger partial charge in [-0.3, -0.25) is 4.99 Å². The van der Waals surface area contributed by atoms with Gasteiger partial charge in [0.2, 0.25) is 0 Å². The van der Waals surface area contributed by atoms with Crippen LogP contribution in [0.3, 0.4) is 0 Å². The van der Waals surface area contributed by atoms with E-state index < -0.39 is 0 Å². The van der Waals surface area contributed by atoms with Gasteiger partial charge in [0, 0.05) is 26.7 Å². The number of benzene rings is 1. The quantitative estimate of drug-likeness (QED) is 0.383. The van der Waals surface area contributed by atoms with Crippen molar-refractivity contribution in [3.8, 4) is 0 Å². The molecule has 4 nitrogen and oxygen atoms in total. The maximum absolute atomic E-state index is 4.33. The summed E-state index contributed by atoms with van der Waals surface area (Å²) in [6.45, 7) is 11.7. The van der Waals surface area contributed by atoms with E-state index in [0.717, 1.165) is 25.6 Å². The Bertz CT molecular complexity index is 512. The summed E-state index contributed by atoms with van der Waals surface area (Å²) in [4.78, 5) is 6.55. The van der Waals surface area contributed by atoms with Crippen molar-refractivity contribution < 1.29 is 0 Å². The fraction of sp³-hybridized carbons (Fsp3) is 0.632. The van der Waals surface area contributed by atoms with Crippen LogP contribution in [0.1, 0.15) is 37.8 Å². The highest BCUT2D eigenvalue weighted by Gasteiger charge is 2.19. The molecule has 1 atom stereocenters. The Kier molecular flexibility index (Phi) is 10.6. The second kappa shape index (κ2) is 10.9. The minimum atomic E-state index is 0. The van der Waals surface area contributed by atoms with Crippen molar-refractivity contribution in [1.29, 1.82) is 0 Å². The molecule has 0 aliphatic rings. The average molecular weight is 446 g/mol. The predicted molar refractivity (Wildman–Crippen MR) is 117 cm³/mol. The van der Waals surface area contributed by atoms with E-state index in [1.54, 1.807) is 0 Å². The van der Waals surface area contributed by atoms with Gasteiger partial charge in [-0.1, -0.05) is 50.6 Å². The molecule has 0 saturated carbocycles. The molecule has 138 valence electrons. The Morgan fingerprint density at radius 3 is 2.46 bits per heavy atom. The Balaban J connectivity index is 0.00000529. The van der Waals surface area contributed by atoms with Crippen molar-refractivity contribution in [3.63, 3.8) is 0 Å². The SMILES string of the molecule is CN=C(NCC(C)c1cccc(C)c1)NCC(C)(C)CN(C)C.I. The summed E-state index contributed by atoms with van der Waals surface area (Å²) in [5.41, 5.74) is 2.87. The van der Waals surface area contributed by atoms with Crippen LogP contribution in [0.4, 0.5) is 0 Å². The normalized spacial score (nSPS) is 13.4. The van der Waals surface area contributed by atoms with E-state index in [0.29, 0.717) is 5.92 Å².